The van der Waals surface area contributed by atoms with Crippen LogP contribution in [-0.4, -0.2) is 40.8 Å². The molecule has 3 rings (SSSR count). The third kappa shape index (κ3) is 4.58. The fourth-order valence-electron chi connectivity index (χ4n) is 2.71. The monoisotopic (exact) mass is 451 g/mol. The standard InChI is InChI=1S/C20H15ClFNO6S/c1-28-15-7-2-4-11(18(15)29-10-17(24)25)8-16-19(26)23(20(27)30-16)9-12-13(21)5-3-6-14(12)22/h2-8H,9-10H2,1H3,(H,24,25)/b16-8-. The van der Waals surface area contributed by atoms with Gasteiger partial charge < -0.3 is 14.6 Å². The van der Waals surface area contributed by atoms with E-state index in [1.807, 2.05) is 0 Å². The van der Waals surface area contributed by atoms with Crippen molar-refractivity contribution in [3.8, 4) is 11.5 Å². The molecule has 0 spiro atoms. The molecule has 0 aromatic heterocycles. The lowest BCUT2D eigenvalue weighted by Gasteiger charge is -2.14. The van der Waals surface area contributed by atoms with Crippen molar-refractivity contribution in [2.45, 2.75) is 6.54 Å². The molecule has 0 saturated carbocycles. The minimum absolute atomic E-state index is 0.0366. The van der Waals surface area contributed by atoms with Crippen molar-refractivity contribution in [2.24, 2.45) is 0 Å². The molecule has 30 heavy (non-hydrogen) atoms. The van der Waals surface area contributed by atoms with E-state index in [9.17, 15) is 18.8 Å². The predicted molar refractivity (Wildman–Crippen MR) is 109 cm³/mol. The molecular formula is C20H15ClFNO6S. The van der Waals surface area contributed by atoms with Gasteiger partial charge in [-0.25, -0.2) is 9.18 Å². The van der Waals surface area contributed by atoms with Crippen LogP contribution in [-0.2, 0) is 16.1 Å². The van der Waals surface area contributed by atoms with E-state index < -0.39 is 29.5 Å². The number of benzene rings is 2. The molecule has 7 nitrogen and oxygen atoms in total. The van der Waals surface area contributed by atoms with Crippen LogP contribution >= 0.6 is 23.4 Å². The number of thioether (sulfide) groups is 1. The van der Waals surface area contributed by atoms with E-state index in [1.54, 1.807) is 18.2 Å². The first-order valence-electron chi connectivity index (χ1n) is 8.51. The van der Waals surface area contributed by atoms with E-state index in [4.69, 9.17) is 26.2 Å². The average molecular weight is 452 g/mol. The molecule has 1 aliphatic heterocycles. The predicted octanol–water partition coefficient (Wildman–Crippen LogP) is 4.19. The molecule has 0 aliphatic carbocycles. The second-order valence-electron chi connectivity index (χ2n) is 6.03. The van der Waals surface area contributed by atoms with Crippen molar-refractivity contribution in [3.63, 3.8) is 0 Å². The van der Waals surface area contributed by atoms with E-state index in [-0.39, 0.29) is 33.5 Å². The van der Waals surface area contributed by atoms with E-state index in [0.717, 1.165) is 4.90 Å². The van der Waals surface area contributed by atoms with Gasteiger partial charge in [0.25, 0.3) is 11.1 Å². The molecule has 0 radical (unpaired) electrons. The number of ether oxygens (including phenoxy) is 2. The second-order valence-corrected chi connectivity index (χ2v) is 7.43. The Morgan fingerprint density at radius 3 is 2.67 bits per heavy atom. The number of halogens is 2. The minimum Gasteiger partial charge on any atom is -0.493 e. The Bertz CT molecular complexity index is 1040. The van der Waals surface area contributed by atoms with Crippen LogP contribution in [0.2, 0.25) is 5.02 Å². The summed E-state index contributed by atoms with van der Waals surface area (Å²) in [5.74, 6) is -2.05. The summed E-state index contributed by atoms with van der Waals surface area (Å²) in [6.07, 6.45) is 1.40. The lowest BCUT2D eigenvalue weighted by atomic mass is 10.1. The molecule has 0 atom stereocenters. The third-order valence-corrected chi connectivity index (χ3v) is 5.37. The Morgan fingerprint density at radius 1 is 1.27 bits per heavy atom. The number of rotatable bonds is 7. The lowest BCUT2D eigenvalue weighted by Crippen LogP contribution is -2.28. The van der Waals surface area contributed by atoms with Crippen molar-refractivity contribution >= 4 is 46.6 Å². The number of imide groups is 1. The van der Waals surface area contributed by atoms with Gasteiger partial charge in [0.1, 0.15) is 5.82 Å². The summed E-state index contributed by atoms with van der Waals surface area (Å²) in [6, 6.07) is 8.87. The Morgan fingerprint density at radius 2 is 2.00 bits per heavy atom. The second kappa shape index (κ2) is 9.19. The maximum Gasteiger partial charge on any atom is 0.341 e. The first-order valence-corrected chi connectivity index (χ1v) is 9.71. The van der Waals surface area contributed by atoms with Gasteiger partial charge in [-0.05, 0) is 36.0 Å². The van der Waals surface area contributed by atoms with Crippen molar-refractivity contribution < 1.29 is 33.4 Å². The number of carboxylic acids is 1. The molecule has 2 aromatic carbocycles. The van der Waals surface area contributed by atoms with Gasteiger partial charge in [0.15, 0.2) is 18.1 Å². The molecule has 2 aromatic rings. The highest BCUT2D eigenvalue weighted by atomic mass is 35.5. The van der Waals surface area contributed by atoms with Gasteiger partial charge in [0, 0.05) is 16.1 Å². The number of para-hydroxylation sites is 1. The Kier molecular flexibility index (Phi) is 6.63. The molecule has 10 heteroatoms. The number of methoxy groups -OCH3 is 1. The zero-order valence-corrected chi connectivity index (χ0v) is 17.1. The smallest absolute Gasteiger partial charge is 0.341 e. The SMILES string of the molecule is COc1cccc(/C=C2\SC(=O)N(Cc3c(F)cccc3Cl)C2=O)c1OCC(=O)O. The molecule has 1 fully saturated rings. The van der Waals surface area contributed by atoms with Gasteiger partial charge in [-0.3, -0.25) is 14.5 Å². The summed E-state index contributed by atoms with van der Waals surface area (Å²) in [5, 5.41) is 8.40. The number of amides is 2. The molecule has 2 amide bonds. The van der Waals surface area contributed by atoms with Gasteiger partial charge in [-0.15, -0.1) is 0 Å². The Balaban J connectivity index is 1.91. The molecular weight excluding hydrogens is 437 g/mol. The highest BCUT2D eigenvalue weighted by Crippen LogP contribution is 2.38. The topological polar surface area (TPSA) is 93.1 Å². The summed E-state index contributed by atoms with van der Waals surface area (Å²) in [7, 11) is 1.39. The van der Waals surface area contributed by atoms with E-state index in [1.165, 1.54) is 31.4 Å². The van der Waals surface area contributed by atoms with Crippen LogP contribution in [0.15, 0.2) is 41.3 Å². The number of carboxylic acid groups (broad SMARTS) is 1. The Hall–Kier alpha value is -3.04. The summed E-state index contributed by atoms with van der Waals surface area (Å²) < 4.78 is 24.5. The maximum atomic E-state index is 14.1. The molecule has 0 bridgehead atoms. The summed E-state index contributed by atoms with van der Waals surface area (Å²) >= 11 is 6.67. The maximum absolute atomic E-state index is 14.1. The molecule has 1 heterocycles. The fraction of sp³-hybridized carbons (Fsp3) is 0.150. The third-order valence-electron chi connectivity index (χ3n) is 4.11. The number of hydrogen-bond acceptors (Lipinski definition) is 6. The zero-order valence-electron chi connectivity index (χ0n) is 15.6. The number of carbonyl (C=O) groups is 3. The van der Waals surface area contributed by atoms with Gasteiger partial charge in [-0.1, -0.05) is 29.8 Å². The molecule has 0 unspecified atom stereocenters. The highest BCUT2D eigenvalue weighted by Gasteiger charge is 2.36. The first kappa shape index (κ1) is 21.7. The first-order chi connectivity index (χ1) is 14.3. The van der Waals surface area contributed by atoms with Crippen molar-refractivity contribution in [3.05, 3.63) is 63.3 Å². The average Bonchev–Trinajstić information content (AvgIpc) is 2.96. The largest absolute Gasteiger partial charge is 0.493 e. The number of carbonyl (C=O) groups excluding carboxylic acids is 2. The van der Waals surface area contributed by atoms with Gasteiger partial charge >= 0.3 is 5.97 Å². The van der Waals surface area contributed by atoms with Crippen LogP contribution in [0, 0.1) is 5.82 Å². The van der Waals surface area contributed by atoms with Crippen LogP contribution in [0.1, 0.15) is 11.1 Å². The van der Waals surface area contributed by atoms with Crippen molar-refractivity contribution in [1.29, 1.82) is 0 Å². The van der Waals surface area contributed by atoms with Gasteiger partial charge in [0.05, 0.1) is 18.6 Å². The Labute approximate surface area is 180 Å². The van der Waals surface area contributed by atoms with Crippen LogP contribution in [0.4, 0.5) is 9.18 Å². The number of aliphatic carboxylic acids is 1. The number of nitrogens with zero attached hydrogens (tertiary/aromatic N) is 1. The molecule has 1 saturated heterocycles. The molecule has 156 valence electrons. The normalized spacial score (nSPS) is 15.0. The summed E-state index contributed by atoms with van der Waals surface area (Å²) in [5.41, 5.74) is 0.389. The van der Waals surface area contributed by atoms with Crippen LogP contribution in [0.5, 0.6) is 11.5 Å². The lowest BCUT2D eigenvalue weighted by molar-refractivity contribution is -0.139. The molecule has 1 N–H and O–H groups in total. The van der Waals surface area contributed by atoms with Crippen molar-refractivity contribution in [2.75, 3.05) is 13.7 Å². The zero-order chi connectivity index (χ0) is 21.8. The molecule has 1 aliphatic rings. The van der Waals surface area contributed by atoms with Crippen LogP contribution < -0.4 is 9.47 Å². The van der Waals surface area contributed by atoms with Crippen LogP contribution in [0.25, 0.3) is 6.08 Å². The quantitative estimate of drug-likeness (QED) is 0.631. The van der Waals surface area contributed by atoms with Crippen molar-refractivity contribution in [1.82, 2.24) is 4.90 Å². The van der Waals surface area contributed by atoms with E-state index in [2.05, 4.69) is 0 Å². The number of hydrogen-bond donors (Lipinski definition) is 1. The summed E-state index contributed by atoms with van der Waals surface area (Å²) in [6.45, 7) is -0.928. The van der Waals surface area contributed by atoms with Gasteiger partial charge in [0.2, 0.25) is 0 Å². The van der Waals surface area contributed by atoms with E-state index >= 15 is 0 Å². The fourth-order valence-corrected chi connectivity index (χ4v) is 3.77. The minimum atomic E-state index is -1.19. The van der Waals surface area contributed by atoms with Gasteiger partial charge in [-0.2, -0.15) is 0 Å². The van der Waals surface area contributed by atoms with Crippen LogP contribution in [0.3, 0.4) is 0 Å². The van der Waals surface area contributed by atoms with E-state index in [0.29, 0.717) is 17.3 Å². The highest BCUT2D eigenvalue weighted by molar-refractivity contribution is 8.18. The summed E-state index contributed by atoms with van der Waals surface area (Å²) in [4.78, 5) is 36.9.